The maximum atomic E-state index is 6.10. The summed E-state index contributed by atoms with van der Waals surface area (Å²) in [5.41, 5.74) is 8.78. The van der Waals surface area contributed by atoms with Gasteiger partial charge in [0, 0.05) is 6.04 Å². The highest BCUT2D eigenvalue weighted by molar-refractivity contribution is 5.73. The number of nitrogens with zero attached hydrogens (tertiary/aromatic N) is 1. The molecule has 2 unspecified atom stereocenters. The van der Waals surface area contributed by atoms with Crippen LogP contribution >= 0.6 is 0 Å². The van der Waals surface area contributed by atoms with Gasteiger partial charge in [-0.2, -0.15) is 0 Å². The van der Waals surface area contributed by atoms with Gasteiger partial charge in [0.1, 0.15) is 5.52 Å². The summed E-state index contributed by atoms with van der Waals surface area (Å²) < 4.78 is 11.3. The monoisotopic (exact) mass is 246 g/mol. The minimum absolute atomic E-state index is 0.0591. The predicted molar refractivity (Wildman–Crippen MR) is 69.5 cm³/mol. The quantitative estimate of drug-likeness (QED) is 0.880. The second kappa shape index (κ2) is 4.07. The van der Waals surface area contributed by atoms with Crippen molar-refractivity contribution in [3.63, 3.8) is 0 Å². The molecule has 0 aliphatic carbocycles. The summed E-state index contributed by atoms with van der Waals surface area (Å²) in [4.78, 5) is 4.60. The van der Waals surface area contributed by atoms with Crippen molar-refractivity contribution in [1.82, 2.24) is 4.98 Å². The van der Waals surface area contributed by atoms with E-state index in [1.807, 2.05) is 6.07 Å². The molecule has 2 N–H and O–H groups in total. The molecule has 0 amide bonds. The topological polar surface area (TPSA) is 61.3 Å². The Labute approximate surface area is 106 Å². The van der Waals surface area contributed by atoms with Crippen LogP contribution in [0.5, 0.6) is 0 Å². The first-order chi connectivity index (χ1) is 8.63. The maximum absolute atomic E-state index is 6.10. The van der Waals surface area contributed by atoms with Crippen molar-refractivity contribution in [2.45, 2.75) is 31.7 Å². The van der Waals surface area contributed by atoms with Crippen molar-refractivity contribution in [3.05, 3.63) is 29.7 Å². The molecular formula is C14H18N2O2. The van der Waals surface area contributed by atoms with E-state index < -0.39 is 0 Å². The van der Waals surface area contributed by atoms with Gasteiger partial charge in [0.05, 0.1) is 18.6 Å². The number of aromatic nitrogens is 1. The Hall–Kier alpha value is -1.39. The van der Waals surface area contributed by atoms with Gasteiger partial charge in [0.2, 0.25) is 5.89 Å². The second-order valence-electron chi connectivity index (χ2n) is 5.21. The molecule has 0 bridgehead atoms. The fraction of sp³-hybridized carbons (Fsp3) is 0.500. The van der Waals surface area contributed by atoms with Gasteiger partial charge in [-0.1, -0.05) is 13.0 Å². The van der Waals surface area contributed by atoms with Crippen LogP contribution < -0.4 is 5.73 Å². The molecule has 0 radical (unpaired) electrons. The number of ether oxygens (including phenoxy) is 1. The number of nitrogens with two attached hydrogens (primary N) is 1. The highest BCUT2D eigenvalue weighted by Crippen LogP contribution is 2.33. The zero-order valence-corrected chi connectivity index (χ0v) is 10.8. The zero-order valence-electron chi connectivity index (χ0n) is 10.8. The lowest BCUT2D eigenvalue weighted by Gasteiger charge is -2.22. The molecule has 1 saturated heterocycles. The lowest BCUT2D eigenvalue weighted by atomic mass is 9.86. The summed E-state index contributed by atoms with van der Waals surface area (Å²) in [5.74, 6) is 0.691. The number of fused-ring (bicyclic) bond motifs is 1. The van der Waals surface area contributed by atoms with Gasteiger partial charge in [0.25, 0.3) is 0 Å². The molecule has 0 spiro atoms. The van der Waals surface area contributed by atoms with Crippen molar-refractivity contribution in [2.75, 3.05) is 13.2 Å². The Bertz CT molecular complexity index is 578. The standard InChI is InChI=1S/C14H18N2O2/c1-3-9-4-5-11-10(6-9)16-13(18-11)14(2)8-17-7-12(14)15/h4-6,12H,3,7-8,15H2,1-2H3. The van der Waals surface area contributed by atoms with Crippen LogP contribution in [0.3, 0.4) is 0 Å². The molecule has 2 aromatic rings. The maximum Gasteiger partial charge on any atom is 0.205 e. The van der Waals surface area contributed by atoms with E-state index in [2.05, 4.69) is 31.0 Å². The van der Waals surface area contributed by atoms with E-state index >= 15 is 0 Å². The molecule has 2 heterocycles. The van der Waals surface area contributed by atoms with Crippen LogP contribution in [0.15, 0.2) is 22.6 Å². The number of oxazole rings is 1. The lowest BCUT2D eigenvalue weighted by Crippen LogP contribution is -2.42. The molecule has 0 saturated carbocycles. The number of hydrogen-bond acceptors (Lipinski definition) is 4. The zero-order chi connectivity index (χ0) is 12.8. The van der Waals surface area contributed by atoms with E-state index in [1.54, 1.807) is 0 Å². The van der Waals surface area contributed by atoms with Crippen LogP contribution in [0.2, 0.25) is 0 Å². The van der Waals surface area contributed by atoms with Crippen molar-refractivity contribution in [2.24, 2.45) is 5.73 Å². The molecule has 1 fully saturated rings. The van der Waals surface area contributed by atoms with E-state index in [1.165, 1.54) is 5.56 Å². The fourth-order valence-electron chi connectivity index (χ4n) is 2.35. The molecule has 1 aliphatic rings. The van der Waals surface area contributed by atoms with Crippen LogP contribution in [0.25, 0.3) is 11.1 Å². The molecule has 1 aromatic carbocycles. The number of hydrogen-bond donors (Lipinski definition) is 1. The van der Waals surface area contributed by atoms with Gasteiger partial charge in [-0.3, -0.25) is 0 Å². The van der Waals surface area contributed by atoms with E-state index in [9.17, 15) is 0 Å². The van der Waals surface area contributed by atoms with Gasteiger partial charge >= 0.3 is 0 Å². The minimum Gasteiger partial charge on any atom is -0.440 e. The van der Waals surface area contributed by atoms with Crippen molar-refractivity contribution in [3.8, 4) is 0 Å². The first kappa shape index (κ1) is 11.7. The molecule has 1 aliphatic heterocycles. The van der Waals surface area contributed by atoms with Crippen LogP contribution in [0.4, 0.5) is 0 Å². The summed E-state index contributed by atoms with van der Waals surface area (Å²) in [6, 6.07) is 6.07. The van der Waals surface area contributed by atoms with Crippen molar-refractivity contribution >= 4 is 11.1 Å². The van der Waals surface area contributed by atoms with Gasteiger partial charge < -0.3 is 14.9 Å². The first-order valence-electron chi connectivity index (χ1n) is 6.37. The Kier molecular flexibility index (Phi) is 2.64. The van der Waals surface area contributed by atoms with Crippen molar-refractivity contribution in [1.29, 1.82) is 0 Å². The second-order valence-corrected chi connectivity index (χ2v) is 5.21. The Morgan fingerprint density at radius 1 is 1.50 bits per heavy atom. The third-order valence-corrected chi connectivity index (χ3v) is 3.87. The average molecular weight is 246 g/mol. The lowest BCUT2D eigenvalue weighted by molar-refractivity contribution is 0.173. The van der Waals surface area contributed by atoms with Crippen molar-refractivity contribution < 1.29 is 9.15 Å². The number of aryl methyl sites for hydroxylation is 1. The normalized spacial score (nSPS) is 28.1. The van der Waals surface area contributed by atoms with Crippen LogP contribution in [0, 0.1) is 0 Å². The molecule has 18 heavy (non-hydrogen) atoms. The number of benzene rings is 1. The highest BCUT2D eigenvalue weighted by Gasteiger charge is 2.43. The van der Waals surface area contributed by atoms with Crippen LogP contribution in [0.1, 0.15) is 25.3 Å². The van der Waals surface area contributed by atoms with Crippen LogP contribution in [-0.2, 0) is 16.6 Å². The largest absolute Gasteiger partial charge is 0.440 e. The number of rotatable bonds is 2. The summed E-state index contributed by atoms with van der Waals surface area (Å²) in [7, 11) is 0. The molecule has 2 atom stereocenters. The Morgan fingerprint density at radius 3 is 3.00 bits per heavy atom. The Balaban J connectivity index is 2.08. The Morgan fingerprint density at radius 2 is 2.33 bits per heavy atom. The minimum atomic E-state index is -0.314. The highest BCUT2D eigenvalue weighted by atomic mass is 16.5. The molecule has 96 valence electrons. The SMILES string of the molecule is CCc1ccc2oc(C3(C)COCC3N)nc2c1. The van der Waals surface area contributed by atoms with E-state index in [0.717, 1.165) is 17.5 Å². The summed E-state index contributed by atoms with van der Waals surface area (Å²) in [5, 5.41) is 0. The molecule has 1 aromatic heterocycles. The molecule has 4 nitrogen and oxygen atoms in total. The van der Waals surface area contributed by atoms with E-state index in [4.69, 9.17) is 14.9 Å². The molecule has 3 rings (SSSR count). The van der Waals surface area contributed by atoms with E-state index in [0.29, 0.717) is 19.1 Å². The summed E-state index contributed by atoms with van der Waals surface area (Å²) >= 11 is 0. The first-order valence-corrected chi connectivity index (χ1v) is 6.37. The van der Waals surface area contributed by atoms with Gasteiger partial charge in [-0.25, -0.2) is 4.98 Å². The smallest absolute Gasteiger partial charge is 0.205 e. The van der Waals surface area contributed by atoms with Gasteiger partial charge in [0.15, 0.2) is 5.58 Å². The molecular weight excluding hydrogens is 228 g/mol. The van der Waals surface area contributed by atoms with E-state index in [-0.39, 0.29) is 11.5 Å². The average Bonchev–Trinajstić information content (AvgIpc) is 2.94. The van der Waals surface area contributed by atoms with Gasteiger partial charge in [-0.15, -0.1) is 0 Å². The third kappa shape index (κ3) is 1.64. The fourth-order valence-corrected chi connectivity index (χ4v) is 2.35. The molecule has 4 heteroatoms. The predicted octanol–water partition coefficient (Wildman–Crippen LogP) is 2.01. The van der Waals surface area contributed by atoms with Crippen LogP contribution in [-0.4, -0.2) is 24.2 Å². The summed E-state index contributed by atoms with van der Waals surface area (Å²) in [6.45, 7) is 5.32. The third-order valence-electron chi connectivity index (χ3n) is 3.87. The van der Waals surface area contributed by atoms with Gasteiger partial charge in [-0.05, 0) is 31.0 Å². The summed E-state index contributed by atoms with van der Waals surface area (Å²) in [6.07, 6.45) is 0.998.